The molecule has 1 aromatic heterocycles. The van der Waals surface area contributed by atoms with Crippen LogP contribution in [0, 0.1) is 17.7 Å². The number of likely N-dealkylation sites (tertiary alicyclic amines) is 1. The van der Waals surface area contributed by atoms with E-state index in [1.54, 1.807) is 6.07 Å². The van der Waals surface area contributed by atoms with Crippen molar-refractivity contribution in [3.8, 4) is 0 Å². The van der Waals surface area contributed by atoms with Crippen LogP contribution in [0.15, 0.2) is 18.2 Å². The number of halogens is 1. The monoisotopic (exact) mass is 306 g/mol. The summed E-state index contributed by atoms with van der Waals surface area (Å²) in [7, 11) is 0. The van der Waals surface area contributed by atoms with Gasteiger partial charge >= 0.3 is 0 Å². The van der Waals surface area contributed by atoms with Gasteiger partial charge in [0.1, 0.15) is 10.7 Å². The number of thiophene rings is 1. The Hall–Kier alpha value is -1.62. The first-order chi connectivity index (χ1) is 9.97. The molecule has 1 atom stereocenters. The fraction of sp³-hybridized carbons (Fsp3) is 0.438. The lowest BCUT2D eigenvalue weighted by atomic mass is 9.95. The van der Waals surface area contributed by atoms with Gasteiger partial charge in [0.05, 0.1) is 5.69 Å². The number of nitrogen functional groups attached to an aromatic ring is 1. The van der Waals surface area contributed by atoms with Gasteiger partial charge in [-0.15, -0.1) is 11.3 Å². The van der Waals surface area contributed by atoms with Crippen LogP contribution in [-0.4, -0.2) is 23.9 Å². The van der Waals surface area contributed by atoms with E-state index in [4.69, 9.17) is 5.73 Å². The molecule has 1 amide bonds. The fourth-order valence-electron chi connectivity index (χ4n) is 2.91. The number of anilines is 1. The molecule has 2 heterocycles. The van der Waals surface area contributed by atoms with Crippen molar-refractivity contribution < 1.29 is 9.18 Å². The Morgan fingerprint density at radius 1 is 1.48 bits per heavy atom. The van der Waals surface area contributed by atoms with Crippen LogP contribution in [0.4, 0.5) is 10.1 Å². The van der Waals surface area contributed by atoms with E-state index in [2.05, 4.69) is 13.8 Å². The van der Waals surface area contributed by atoms with E-state index in [0.29, 0.717) is 27.8 Å². The third-order valence-corrected chi connectivity index (χ3v) is 5.51. The molecule has 0 radical (unpaired) electrons. The predicted octanol–water partition coefficient (Wildman–Crippen LogP) is 3.74. The molecule has 3 rings (SSSR count). The topological polar surface area (TPSA) is 46.3 Å². The standard InChI is InChI=1S/C16H19FN2OS/c1-9(2)10-5-6-19(8-10)16(20)15-14(18)12-7-11(17)3-4-13(12)21-15/h3-4,7,9-10H,5-6,8,18H2,1-2H3. The normalized spacial score (nSPS) is 18.9. The maximum atomic E-state index is 13.3. The fourth-order valence-corrected chi connectivity index (χ4v) is 3.98. The van der Waals surface area contributed by atoms with E-state index in [-0.39, 0.29) is 11.7 Å². The summed E-state index contributed by atoms with van der Waals surface area (Å²) in [6, 6.07) is 4.49. The molecule has 21 heavy (non-hydrogen) atoms. The van der Waals surface area contributed by atoms with Gasteiger partial charge in [0.2, 0.25) is 0 Å². The maximum absolute atomic E-state index is 13.3. The number of amides is 1. The molecular formula is C16H19FN2OS. The molecule has 1 unspecified atom stereocenters. The first-order valence-electron chi connectivity index (χ1n) is 7.24. The van der Waals surface area contributed by atoms with Crippen LogP contribution >= 0.6 is 11.3 Å². The largest absolute Gasteiger partial charge is 0.397 e. The van der Waals surface area contributed by atoms with Crippen molar-refractivity contribution in [3.05, 3.63) is 28.9 Å². The molecule has 1 saturated heterocycles. The number of carbonyl (C=O) groups excluding carboxylic acids is 1. The van der Waals surface area contributed by atoms with Crippen LogP contribution in [-0.2, 0) is 0 Å². The van der Waals surface area contributed by atoms with Gasteiger partial charge in [0.15, 0.2) is 0 Å². The predicted molar refractivity (Wildman–Crippen MR) is 85.0 cm³/mol. The lowest BCUT2D eigenvalue weighted by Crippen LogP contribution is -2.29. The second-order valence-corrected chi connectivity index (χ2v) is 7.08. The van der Waals surface area contributed by atoms with Gasteiger partial charge < -0.3 is 10.6 Å². The van der Waals surface area contributed by atoms with Gasteiger partial charge in [-0.05, 0) is 36.5 Å². The molecule has 0 bridgehead atoms. The maximum Gasteiger partial charge on any atom is 0.266 e. The minimum absolute atomic E-state index is 0.0164. The molecule has 112 valence electrons. The number of hydrogen-bond donors (Lipinski definition) is 1. The molecule has 5 heteroatoms. The zero-order valence-corrected chi connectivity index (χ0v) is 13.0. The first-order valence-corrected chi connectivity index (χ1v) is 8.06. The quantitative estimate of drug-likeness (QED) is 0.918. The number of fused-ring (bicyclic) bond motifs is 1. The smallest absolute Gasteiger partial charge is 0.266 e. The molecule has 0 aliphatic carbocycles. The minimum Gasteiger partial charge on any atom is -0.397 e. The molecular weight excluding hydrogens is 287 g/mol. The summed E-state index contributed by atoms with van der Waals surface area (Å²) in [6.45, 7) is 5.95. The average Bonchev–Trinajstić information content (AvgIpc) is 3.04. The van der Waals surface area contributed by atoms with Crippen molar-refractivity contribution in [1.29, 1.82) is 0 Å². The number of hydrogen-bond acceptors (Lipinski definition) is 3. The van der Waals surface area contributed by atoms with Crippen molar-refractivity contribution in [2.75, 3.05) is 18.8 Å². The van der Waals surface area contributed by atoms with E-state index in [1.807, 2.05) is 4.90 Å². The summed E-state index contributed by atoms with van der Waals surface area (Å²) in [5.41, 5.74) is 6.48. The van der Waals surface area contributed by atoms with Crippen LogP contribution in [0.1, 0.15) is 29.9 Å². The number of benzene rings is 1. The number of rotatable bonds is 2. The van der Waals surface area contributed by atoms with E-state index >= 15 is 0 Å². The summed E-state index contributed by atoms with van der Waals surface area (Å²) in [4.78, 5) is 15.1. The molecule has 1 aliphatic rings. The van der Waals surface area contributed by atoms with Gasteiger partial charge in [0, 0.05) is 23.2 Å². The second kappa shape index (κ2) is 5.30. The molecule has 0 saturated carbocycles. The highest BCUT2D eigenvalue weighted by atomic mass is 32.1. The van der Waals surface area contributed by atoms with Crippen LogP contribution in [0.2, 0.25) is 0 Å². The lowest BCUT2D eigenvalue weighted by Gasteiger charge is -2.17. The molecule has 2 aromatic rings. The Bertz CT molecular complexity index is 695. The van der Waals surface area contributed by atoms with E-state index in [0.717, 1.165) is 24.2 Å². The number of nitrogens with zero attached hydrogens (tertiary/aromatic N) is 1. The molecule has 1 aliphatic heterocycles. The van der Waals surface area contributed by atoms with E-state index in [9.17, 15) is 9.18 Å². The molecule has 0 spiro atoms. The summed E-state index contributed by atoms with van der Waals surface area (Å²) in [6.07, 6.45) is 1.04. The van der Waals surface area contributed by atoms with Crippen molar-refractivity contribution in [2.24, 2.45) is 11.8 Å². The van der Waals surface area contributed by atoms with Gasteiger partial charge in [-0.2, -0.15) is 0 Å². The Labute approximate surface area is 127 Å². The van der Waals surface area contributed by atoms with Crippen LogP contribution in [0.3, 0.4) is 0 Å². The summed E-state index contributed by atoms with van der Waals surface area (Å²) >= 11 is 1.35. The van der Waals surface area contributed by atoms with Gasteiger partial charge in [-0.25, -0.2) is 4.39 Å². The molecule has 1 aromatic carbocycles. The second-order valence-electron chi connectivity index (χ2n) is 6.03. The zero-order valence-electron chi connectivity index (χ0n) is 12.2. The Morgan fingerprint density at radius 3 is 2.90 bits per heavy atom. The Kier molecular flexibility index (Phi) is 3.61. The first kappa shape index (κ1) is 14.3. The molecule has 2 N–H and O–H groups in total. The Balaban J connectivity index is 1.90. The van der Waals surface area contributed by atoms with Crippen molar-refractivity contribution in [2.45, 2.75) is 20.3 Å². The Morgan fingerprint density at radius 2 is 2.24 bits per heavy atom. The van der Waals surface area contributed by atoms with E-state index < -0.39 is 0 Å². The molecule has 3 nitrogen and oxygen atoms in total. The van der Waals surface area contributed by atoms with Crippen LogP contribution in [0.25, 0.3) is 10.1 Å². The highest BCUT2D eigenvalue weighted by Crippen LogP contribution is 2.36. The highest BCUT2D eigenvalue weighted by Gasteiger charge is 2.30. The van der Waals surface area contributed by atoms with Crippen molar-refractivity contribution in [3.63, 3.8) is 0 Å². The lowest BCUT2D eigenvalue weighted by molar-refractivity contribution is 0.0790. The number of carbonyl (C=O) groups is 1. The number of nitrogens with two attached hydrogens (primary N) is 1. The molecule has 1 fully saturated rings. The third kappa shape index (κ3) is 2.50. The van der Waals surface area contributed by atoms with Crippen LogP contribution < -0.4 is 5.73 Å². The van der Waals surface area contributed by atoms with E-state index in [1.165, 1.54) is 23.5 Å². The zero-order chi connectivity index (χ0) is 15.1. The van der Waals surface area contributed by atoms with Crippen molar-refractivity contribution >= 4 is 33.0 Å². The van der Waals surface area contributed by atoms with Crippen LogP contribution in [0.5, 0.6) is 0 Å². The highest BCUT2D eigenvalue weighted by molar-refractivity contribution is 7.21. The SMILES string of the molecule is CC(C)C1CCN(C(=O)c2sc3ccc(F)cc3c2N)C1. The summed E-state index contributed by atoms with van der Waals surface area (Å²) < 4.78 is 14.2. The average molecular weight is 306 g/mol. The van der Waals surface area contributed by atoms with Crippen molar-refractivity contribution in [1.82, 2.24) is 4.90 Å². The van der Waals surface area contributed by atoms with Gasteiger partial charge in [-0.1, -0.05) is 13.8 Å². The summed E-state index contributed by atoms with van der Waals surface area (Å²) in [5.74, 6) is 0.794. The minimum atomic E-state index is -0.327. The van der Waals surface area contributed by atoms with Gasteiger partial charge in [0.25, 0.3) is 5.91 Å². The third-order valence-electron chi connectivity index (χ3n) is 4.34. The summed E-state index contributed by atoms with van der Waals surface area (Å²) in [5, 5.41) is 0.642. The van der Waals surface area contributed by atoms with Gasteiger partial charge in [-0.3, -0.25) is 4.79 Å².